The highest BCUT2D eigenvalue weighted by Crippen LogP contribution is 2.16. The number of amides is 1. The van der Waals surface area contributed by atoms with E-state index in [-0.39, 0.29) is 10.6 Å². The van der Waals surface area contributed by atoms with Crippen LogP contribution in [0.2, 0.25) is 5.02 Å². The first-order valence-corrected chi connectivity index (χ1v) is 7.75. The van der Waals surface area contributed by atoms with E-state index in [0.717, 1.165) is 0 Å². The molecule has 0 aliphatic heterocycles. The summed E-state index contributed by atoms with van der Waals surface area (Å²) in [7, 11) is -2.25. The zero-order chi connectivity index (χ0) is 15.5. The highest BCUT2D eigenvalue weighted by Gasteiger charge is 2.13. The maximum absolute atomic E-state index is 12.0. The van der Waals surface area contributed by atoms with Gasteiger partial charge in [-0.25, -0.2) is 13.1 Å². The van der Waals surface area contributed by atoms with Crippen molar-refractivity contribution < 1.29 is 13.2 Å². The van der Waals surface area contributed by atoms with E-state index in [1.54, 1.807) is 12.1 Å². The van der Waals surface area contributed by atoms with Gasteiger partial charge in [0.05, 0.1) is 4.90 Å². The molecular formula is C13H12ClN3O3S. The third-order valence-electron chi connectivity index (χ3n) is 2.63. The molecule has 0 fully saturated rings. The van der Waals surface area contributed by atoms with Gasteiger partial charge in [-0.2, -0.15) is 0 Å². The summed E-state index contributed by atoms with van der Waals surface area (Å²) in [5.74, 6) is -0.475. The van der Waals surface area contributed by atoms with Crippen molar-refractivity contribution in [2.75, 3.05) is 12.4 Å². The maximum Gasteiger partial charge on any atom is 0.274 e. The maximum atomic E-state index is 12.0. The average molecular weight is 326 g/mol. The summed E-state index contributed by atoms with van der Waals surface area (Å²) in [6.07, 6.45) is 1.42. The molecule has 0 unspecified atom stereocenters. The molecule has 0 bridgehead atoms. The quantitative estimate of drug-likeness (QED) is 0.898. The first kappa shape index (κ1) is 15.4. The lowest BCUT2D eigenvalue weighted by molar-refractivity contribution is 0.102. The molecule has 1 heterocycles. The van der Waals surface area contributed by atoms with Gasteiger partial charge in [-0.15, -0.1) is 0 Å². The number of nitrogens with zero attached hydrogens (tertiary/aromatic N) is 1. The number of aromatic nitrogens is 1. The lowest BCUT2D eigenvalue weighted by atomic mass is 10.3. The van der Waals surface area contributed by atoms with Crippen LogP contribution in [0, 0.1) is 0 Å². The second kappa shape index (κ2) is 6.21. The van der Waals surface area contributed by atoms with Gasteiger partial charge in [0.1, 0.15) is 5.69 Å². The molecule has 2 aromatic rings. The average Bonchev–Trinajstić information content (AvgIpc) is 2.47. The highest BCUT2D eigenvalue weighted by molar-refractivity contribution is 7.89. The molecule has 21 heavy (non-hydrogen) atoms. The number of anilines is 1. The topological polar surface area (TPSA) is 88.2 Å². The number of benzene rings is 1. The summed E-state index contributed by atoms with van der Waals surface area (Å²) in [6, 6.07) is 8.87. The summed E-state index contributed by atoms with van der Waals surface area (Å²) < 4.78 is 25.6. The molecule has 6 nitrogen and oxygen atoms in total. The van der Waals surface area contributed by atoms with Crippen LogP contribution in [0.1, 0.15) is 10.5 Å². The van der Waals surface area contributed by atoms with E-state index in [1.165, 1.54) is 37.5 Å². The van der Waals surface area contributed by atoms with Gasteiger partial charge < -0.3 is 5.32 Å². The Morgan fingerprint density at radius 1 is 1.24 bits per heavy atom. The van der Waals surface area contributed by atoms with Crippen molar-refractivity contribution in [2.45, 2.75) is 4.90 Å². The molecule has 0 aliphatic carbocycles. The fraction of sp³-hybridized carbons (Fsp3) is 0.0769. The van der Waals surface area contributed by atoms with Gasteiger partial charge in [0.2, 0.25) is 10.0 Å². The normalized spacial score (nSPS) is 11.1. The lowest BCUT2D eigenvalue weighted by Gasteiger charge is -2.07. The molecule has 1 amide bonds. The number of nitrogens with one attached hydrogen (secondary N) is 2. The molecule has 2 N–H and O–H groups in total. The van der Waals surface area contributed by atoms with Gasteiger partial charge in [-0.1, -0.05) is 17.7 Å². The molecule has 8 heteroatoms. The molecule has 0 radical (unpaired) electrons. The number of hydrogen-bond acceptors (Lipinski definition) is 4. The number of hydrogen-bond donors (Lipinski definition) is 2. The second-order valence-electron chi connectivity index (χ2n) is 4.05. The van der Waals surface area contributed by atoms with E-state index >= 15 is 0 Å². The fourth-order valence-electron chi connectivity index (χ4n) is 1.58. The SMILES string of the molecule is CNS(=O)(=O)c1cccc(NC(=O)c2cc(Cl)ccn2)c1. The Kier molecular flexibility index (Phi) is 4.56. The fourth-order valence-corrected chi connectivity index (χ4v) is 2.52. The van der Waals surface area contributed by atoms with E-state index in [9.17, 15) is 13.2 Å². The Hall–Kier alpha value is -1.96. The van der Waals surface area contributed by atoms with Crippen LogP contribution in [0.4, 0.5) is 5.69 Å². The third-order valence-corrected chi connectivity index (χ3v) is 4.27. The Labute approximate surface area is 127 Å². The van der Waals surface area contributed by atoms with Crippen molar-refractivity contribution >= 4 is 33.2 Å². The van der Waals surface area contributed by atoms with Crippen LogP contribution < -0.4 is 10.0 Å². The van der Waals surface area contributed by atoms with E-state index < -0.39 is 15.9 Å². The molecule has 0 atom stereocenters. The number of rotatable bonds is 4. The Bertz CT molecular complexity index is 778. The highest BCUT2D eigenvalue weighted by atomic mass is 35.5. The van der Waals surface area contributed by atoms with Crippen molar-refractivity contribution in [1.82, 2.24) is 9.71 Å². The molecule has 0 aliphatic rings. The minimum Gasteiger partial charge on any atom is -0.321 e. The first-order chi connectivity index (χ1) is 9.92. The minimum absolute atomic E-state index is 0.0573. The van der Waals surface area contributed by atoms with Gasteiger partial charge in [0.15, 0.2) is 0 Å². The minimum atomic E-state index is -3.57. The Balaban J connectivity index is 2.24. The number of carbonyl (C=O) groups excluding carboxylic acids is 1. The molecule has 0 spiro atoms. The zero-order valence-corrected chi connectivity index (χ0v) is 12.6. The molecule has 0 saturated heterocycles. The predicted octanol–water partition coefficient (Wildman–Crippen LogP) is 1.90. The summed E-state index contributed by atoms with van der Waals surface area (Å²) in [5.41, 5.74) is 0.488. The van der Waals surface area contributed by atoms with Gasteiger partial charge in [-0.3, -0.25) is 9.78 Å². The Morgan fingerprint density at radius 3 is 2.67 bits per heavy atom. The van der Waals surface area contributed by atoms with Crippen molar-refractivity contribution in [1.29, 1.82) is 0 Å². The molecular weight excluding hydrogens is 314 g/mol. The van der Waals surface area contributed by atoms with E-state index in [4.69, 9.17) is 11.6 Å². The van der Waals surface area contributed by atoms with Crippen LogP contribution in [0.25, 0.3) is 0 Å². The number of pyridine rings is 1. The van der Waals surface area contributed by atoms with Crippen LogP contribution in [0.5, 0.6) is 0 Å². The third kappa shape index (κ3) is 3.78. The summed E-state index contributed by atoms with van der Waals surface area (Å²) in [5, 5.41) is 2.96. The zero-order valence-electron chi connectivity index (χ0n) is 11.0. The van der Waals surface area contributed by atoms with Crippen molar-refractivity contribution in [3.8, 4) is 0 Å². The number of halogens is 1. The summed E-state index contributed by atoms with van der Waals surface area (Å²) in [6.45, 7) is 0. The standard InChI is InChI=1S/C13H12ClN3O3S/c1-15-21(19,20)11-4-2-3-10(8-11)17-13(18)12-7-9(14)5-6-16-12/h2-8,15H,1H3,(H,17,18). The van der Waals surface area contributed by atoms with Crippen LogP contribution in [0.15, 0.2) is 47.5 Å². The molecule has 110 valence electrons. The predicted molar refractivity (Wildman–Crippen MR) is 79.9 cm³/mol. The van der Waals surface area contributed by atoms with E-state index in [1.807, 2.05) is 0 Å². The summed E-state index contributed by atoms with van der Waals surface area (Å²) >= 11 is 5.79. The smallest absolute Gasteiger partial charge is 0.274 e. The lowest BCUT2D eigenvalue weighted by Crippen LogP contribution is -2.19. The van der Waals surface area contributed by atoms with Crippen LogP contribution in [0.3, 0.4) is 0 Å². The van der Waals surface area contributed by atoms with Gasteiger partial charge in [0.25, 0.3) is 5.91 Å². The molecule has 0 saturated carbocycles. The monoisotopic (exact) mass is 325 g/mol. The van der Waals surface area contributed by atoms with E-state index in [2.05, 4.69) is 15.0 Å². The number of sulfonamides is 1. The Morgan fingerprint density at radius 2 is 2.00 bits per heavy atom. The molecule has 2 rings (SSSR count). The summed E-state index contributed by atoms with van der Waals surface area (Å²) in [4.78, 5) is 16.0. The largest absolute Gasteiger partial charge is 0.321 e. The van der Waals surface area contributed by atoms with Crippen LogP contribution in [-0.2, 0) is 10.0 Å². The molecule has 1 aromatic heterocycles. The van der Waals surface area contributed by atoms with Gasteiger partial charge in [-0.05, 0) is 37.4 Å². The molecule has 1 aromatic carbocycles. The van der Waals surface area contributed by atoms with Crippen molar-refractivity contribution in [3.05, 3.63) is 53.3 Å². The second-order valence-corrected chi connectivity index (χ2v) is 6.37. The first-order valence-electron chi connectivity index (χ1n) is 5.89. The van der Waals surface area contributed by atoms with Gasteiger partial charge >= 0.3 is 0 Å². The van der Waals surface area contributed by atoms with Crippen molar-refractivity contribution in [2.24, 2.45) is 0 Å². The van der Waals surface area contributed by atoms with Crippen molar-refractivity contribution in [3.63, 3.8) is 0 Å². The van der Waals surface area contributed by atoms with Crippen LogP contribution >= 0.6 is 11.6 Å². The van der Waals surface area contributed by atoms with Gasteiger partial charge in [0, 0.05) is 16.9 Å². The number of carbonyl (C=O) groups is 1. The van der Waals surface area contributed by atoms with E-state index in [0.29, 0.717) is 10.7 Å². The van der Waals surface area contributed by atoms with Crippen LogP contribution in [-0.4, -0.2) is 26.4 Å².